The summed E-state index contributed by atoms with van der Waals surface area (Å²) in [6.07, 6.45) is 0. The van der Waals surface area contributed by atoms with Gasteiger partial charge in [-0.3, -0.25) is 9.59 Å². The fourth-order valence-electron chi connectivity index (χ4n) is 2.00. The lowest BCUT2D eigenvalue weighted by Crippen LogP contribution is -2.46. The van der Waals surface area contributed by atoms with Gasteiger partial charge in [-0.2, -0.15) is 0 Å². The molecule has 0 heterocycles. The molecule has 0 spiro atoms. The van der Waals surface area contributed by atoms with Crippen LogP contribution in [-0.2, 0) is 9.59 Å². The number of hydrogen-bond acceptors (Lipinski definition) is 3. The van der Waals surface area contributed by atoms with Crippen LogP contribution in [0.15, 0.2) is 18.2 Å². The van der Waals surface area contributed by atoms with Crippen molar-refractivity contribution in [3.63, 3.8) is 0 Å². The van der Waals surface area contributed by atoms with Crippen LogP contribution < -0.4 is 5.32 Å². The number of carbonyl (C=O) groups is 3. The number of nitrogens with one attached hydrogen (secondary N) is 1. The highest BCUT2D eigenvalue weighted by Crippen LogP contribution is 2.14. The lowest BCUT2D eigenvalue weighted by molar-refractivity contribution is -0.141. The highest BCUT2D eigenvalue weighted by atomic mass is 16.4. The average Bonchev–Trinajstić information content (AvgIpc) is 2.44. The molecule has 0 saturated heterocycles. The van der Waals surface area contributed by atoms with Crippen molar-refractivity contribution in [3.05, 3.63) is 34.9 Å². The summed E-state index contributed by atoms with van der Waals surface area (Å²) in [5, 5.41) is 11.7. The number of rotatable bonds is 6. The predicted molar refractivity (Wildman–Crippen MR) is 82.7 cm³/mol. The van der Waals surface area contributed by atoms with Crippen LogP contribution in [-0.4, -0.2) is 46.9 Å². The highest BCUT2D eigenvalue weighted by molar-refractivity contribution is 5.96. The van der Waals surface area contributed by atoms with Crippen LogP contribution >= 0.6 is 0 Å². The van der Waals surface area contributed by atoms with Gasteiger partial charge in [-0.1, -0.05) is 6.07 Å². The molecule has 1 aromatic carbocycles. The van der Waals surface area contributed by atoms with Gasteiger partial charge in [0.1, 0.15) is 6.04 Å². The number of carbonyl (C=O) groups excluding carboxylic acids is 2. The van der Waals surface area contributed by atoms with E-state index in [1.807, 2.05) is 19.9 Å². The summed E-state index contributed by atoms with van der Waals surface area (Å²) in [6, 6.07) is 4.30. The van der Waals surface area contributed by atoms with Gasteiger partial charge < -0.3 is 15.3 Å². The quantitative estimate of drug-likeness (QED) is 0.830. The molecule has 1 unspecified atom stereocenters. The number of carboxylic acids is 1. The Kier molecular flexibility index (Phi) is 6.10. The molecule has 0 saturated carbocycles. The van der Waals surface area contributed by atoms with Crippen LogP contribution in [0.1, 0.15) is 35.3 Å². The van der Waals surface area contributed by atoms with E-state index in [4.69, 9.17) is 0 Å². The fraction of sp³-hybridized carbons (Fsp3) is 0.438. The van der Waals surface area contributed by atoms with Crippen LogP contribution in [0.4, 0.5) is 0 Å². The fourth-order valence-corrected chi connectivity index (χ4v) is 2.00. The number of aryl methyl sites for hydroxylation is 2. The molecule has 2 N–H and O–H groups in total. The maximum absolute atomic E-state index is 12.6. The van der Waals surface area contributed by atoms with Crippen molar-refractivity contribution in [2.75, 3.05) is 13.1 Å². The van der Waals surface area contributed by atoms with Crippen LogP contribution in [0.3, 0.4) is 0 Å². The molecule has 0 aliphatic rings. The van der Waals surface area contributed by atoms with Crippen LogP contribution in [0.2, 0.25) is 0 Å². The topological polar surface area (TPSA) is 86.7 Å². The first kappa shape index (κ1) is 17.7. The average molecular weight is 306 g/mol. The maximum atomic E-state index is 12.6. The van der Waals surface area contributed by atoms with Crippen molar-refractivity contribution in [2.45, 2.75) is 33.7 Å². The summed E-state index contributed by atoms with van der Waals surface area (Å²) >= 11 is 0. The summed E-state index contributed by atoms with van der Waals surface area (Å²) < 4.78 is 0. The Hall–Kier alpha value is -2.37. The number of carboxylic acid groups (broad SMARTS) is 1. The van der Waals surface area contributed by atoms with E-state index in [0.29, 0.717) is 5.56 Å². The molecule has 6 nitrogen and oxygen atoms in total. The molecule has 6 heteroatoms. The second-order valence-electron chi connectivity index (χ2n) is 5.29. The molecule has 0 aromatic heterocycles. The van der Waals surface area contributed by atoms with Crippen LogP contribution in [0, 0.1) is 13.8 Å². The molecule has 0 aliphatic heterocycles. The normalized spacial score (nSPS) is 11.6. The molecule has 0 fully saturated rings. The number of benzene rings is 1. The van der Waals surface area contributed by atoms with Crippen LogP contribution in [0.25, 0.3) is 0 Å². The smallest absolute Gasteiger partial charge is 0.326 e. The van der Waals surface area contributed by atoms with Crippen molar-refractivity contribution in [1.82, 2.24) is 10.2 Å². The number of nitrogens with zero attached hydrogens (tertiary/aromatic N) is 1. The minimum absolute atomic E-state index is 0.138. The molecule has 0 bridgehead atoms. The van der Waals surface area contributed by atoms with E-state index in [-0.39, 0.29) is 24.9 Å². The molecule has 0 radical (unpaired) electrons. The molecule has 0 aliphatic carbocycles. The molecular formula is C16H22N2O4. The van der Waals surface area contributed by atoms with E-state index in [9.17, 15) is 19.5 Å². The van der Waals surface area contributed by atoms with Gasteiger partial charge in [-0.25, -0.2) is 4.79 Å². The second kappa shape index (κ2) is 7.59. The third-order valence-electron chi connectivity index (χ3n) is 3.57. The number of aliphatic carboxylic acids is 1. The lowest BCUT2D eigenvalue weighted by atomic mass is 10.0. The zero-order valence-corrected chi connectivity index (χ0v) is 13.3. The Morgan fingerprint density at radius 3 is 2.36 bits per heavy atom. The first-order valence-electron chi connectivity index (χ1n) is 7.09. The van der Waals surface area contributed by atoms with Gasteiger partial charge in [0, 0.05) is 25.6 Å². The van der Waals surface area contributed by atoms with E-state index >= 15 is 0 Å². The summed E-state index contributed by atoms with van der Waals surface area (Å²) in [5.74, 6) is -1.66. The largest absolute Gasteiger partial charge is 0.480 e. The van der Waals surface area contributed by atoms with Gasteiger partial charge in [-0.15, -0.1) is 0 Å². The molecule has 120 valence electrons. The molecular weight excluding hydrogens is 284 g/mol. The van der Waals surface area contributed by atoms with Crippen LogP contribution in [0.5, 0.6) is 0 Å². The maximum Gasteiger partial charge on any atom is 0.326 e. The first-order valence-corrected chi connectivity index (χ1v) is 7.09. The number of amides is 2. The highest BCUT2D eigenvalue weighted by Gasteiger charge is 2.26. The summed E-state index contributed by atoms with van der Waals surface area (Å²) in [5.41, 5.74) is 2.47. The van der Waals surface area contributed by atoms with E-state index in [2.05, 4.69) is 5.32 Å². The van der Waals surface area contributed by atoms with Gasteiger partial charge in [0.15, 0.2) is 0 Å². The Bertz CT molecular complexity index is 584. The summed E-state index contributed by atoms with van der Waals surface area (Å²) in [7, 11) is 0. The van der Waals surface area contributed by atoms with Crippen molar-refractivity contribution in [2.24, 2.45) is 0 Å². The monoisotopic (exact) mass is 306 g/mol. The minimum Gasteiger partial charge on any atom is -0.480 e. The predicted octanol–water partition coefficient (Wildman–Crippen LogP) is 1.35. The van der Waals surface area contributed by atoms with Gasteiger partial charge in [-0.05, 0) is 44.0 Å². The van der Waals surface area contributed by atoms with E-state index < -0.39 is 12.0 Å². The standard InChI is InChI=1S/C16H22N2O4/c1-10-5-6-14(9-11(10)2)15(20)18(12(3)16(21)22)8-7-17-13(4)19/h5-6,9,12H,7-8H2,1-4H3,(H,17,19)(H,21,22). The van der Waals surface area contributed by atoms with Gasteiger partial charge in [0.25, 0.3) is 5.91 Å². The summed E-state index contributed by atoms with van der Waals surface area (Å²) in [6.45, 7) is 7.01. The van der Waals surface area contributed by atoms with Crippen molar-refractivity contribution in [3.8, 4) is 0 Å². The first-order chi connectivity index (χ1) is 10.2. The molecule has 1 atom stereocenters. The molecule has 22 heavy (non-hydrogen) atoms. The molecule has 1 aromatic rings. The Balaban J connectivity index is 2.97. The van der Waals surface area contributed by atoms with Crippen molar-refractivity contribution < 1.29 is 19.5 Å². The van der Waals surface area contributed by atoms with Gasteiger partial charge in [0.2, 0.25) is 5.91 Å². The third-order valence-corrected chi connectivity index (χ3v) is 3.57. The van der Waals surface area contributed by atoms with E-state index in [1.165, 1.54) is 18.7 Å². The van der Waals surface area contributed by atoms with Crippen molar-refractivity contribution >= 4 is 17.8 Å². The zero-order chi connectivity index (χ0) is 16.9. The lowest BCUT2D eigenvalue weighted by Gasteiger charge is -2.27. The Labute approximate surface area is 130 Å². The SMILES string of the molecule is CC(=O)NCCN(C(=O)c1ccc(C)c(C)c1)C(C)C(=O)O. The van der Waals surface area contributed by atoms with Gasteiger partial charge >= 0.3 is 5.97 Å². The third kappa shape index (κ3) is 4.58. The Morgan fingerprint density at radius 1 is 1.23 bits per heavy atom. The van der Waals surface area contributed by atoms with Gasteiger partial charge in [0.05, 0.1) is 0 Å². The number of hydrogen-bond donors (Lipinski definition) is 2. The molecule has 1 rings (SSSR count). The minimum atomic E-state index is -1.08. The Morgan fingerprint density at radius 2 is 1.86 bits per heavy atom. The zero-order valence-electron chi connectivity index (χ0n) is 13.3. The second-order valence-corrected chi connectivity index (χ2v) is 5.29. The summed E-state index contributed by atoms with van der Waals surface area (Å²) in [4.78, 5) is 36.0. The van der Waals surface area contributed by atoms with E-state index in [0.717, 1.165) is 11.1 Å². The molecule has 2 amide bonds. The van der Waals surface area contributed by atoms with Crippen molar-refractivity contribution in [1.29, 1.82) is 0 Å². The van der Waals surface area contributed by atoms with E-state index in [1.54, 1.807) is 12.1 Å².